The van der Waals surface area contributed by atoms with E-state index in [2.05, 4.69) is 14.9 Å². The minimum atomic E-state index is -1.62. The van der Waals surface area contributed by atoms with E-state index in [1.54, 1.807) is 6.07 Å². The molecule has 16 nitrogen and oxygen atoms in total. The highest BCUT2D eigenvalue weighted by Gasteiger charge is 2.41. The third-order valence-electron chi connectivity index (χ3n) is 9.14. The van der Waals surface area contributed by atoms with Crippen molar-refractivity contribution in [3.63, 3.8) is 0 Å². The highest BCUT2D eigenvalue weighted by atomic mass is 16.6. The number of H-pyrrole nitrogens is 2. The number of hydrogen-bond acceptors (Lipinski definition) is 12. The second kappa shape index (κ2) is 20.4. The van der Waals surface area contributed by atoms with Gasteiger partial charge in [-0.1, -0.05) is 6.07 Å². The lowest BCUT2D eigenvalue weighted by Crippen LogP contribution is -2.48. The van der Waals surface area contributed by atoms with Crippen molar-refractivity contribution in [3.05, 3.63) is 53.9 Å². The van der Waals surface area contributed by atoms with Crippen LogP contribution in [0.25, 0.3) is 21.8 Å². The molecule has 0 aliphatic heterocycles. The fourth-order valence-corrected chi connectivity index (χ4v) is 6.02. The molecule has 4 rings (SSSR count). The zero-order valence-corrected chi connectivity index (χ0v) is 33.9. The van der Waals surface area contributed by atoms with Gasteiger partial charge in [-0.3, -0.25) is 9.59 Å². The first-order valence-electron chi connectivity index (χ1n) is 18.9. The number of likely N-dealkylation sites (N-methyl/N-ethyl adjacent to an activating group) is 2. The van der Waals surface area contributed by atoms with E-state index in [1.807, 2.05) is 62.7 Å². The lowest BCUT2D eigenvalue weighted by molar-refractivity contribution is -0.190. The molecule has 0 saturated carbocycles. The Morgan fingerprint density at radius 1 is 0.684 bits per heavy atom. The molecule has 0 bridgehead atoms. The summed E-state index contributed by atoms with van der Waals surface area (Å²) >= 11 is 0. The number of esters is 2. The summed E-state index contributed by atoms with van der Waals surface area (Å²) < 4.78 is 33.6. The van der Waals surface area contributed by atoms with Crippen molar-refractivity contribution in [1.29, 1.82) is 0 Å². The SMILES string of the molecule is CN(C)CCc1c[nH]c2cc(N(C)CCc3c[nH]c4cccc(OC(=O)CCOCCOCCOCCC(=O)O)c34)cc(OC(=O)C(C)(C)OC(C)(C)C(=O)O)c12. The second-order valence-electron chi connectivity index (χ2n) is 14.9. The zero-order chi connectivity index (χ0) is 41.8. The molecular formula is C41H56N4O12. The normalized spacial score (nSPS) is 12.1. The second-order valence-corrected chi connectivity index (χ2v) is 14.9. The fraction of sp³-hybridized carbons (Fsp3) is 0.512. The molecule has 4 N–H and O–H groups in total. The molecule has 16 heteroatoms. The quantitative estimate of drug-likeness (QED) is 0.0404. The summed E-state index contributed by atoms with van der Waals surface area (Å²) in [6, 6.07) is 9.29. The van der Waals surface area contributed by atoms with Crippen LogP contribution in [0.15, 0.2) is 42.7 Å². The third kappa shape index (κ3) is 13.0. The molecular weight excluding hydrogens is 740 g/mol. The summed E-state index contributed by atoms with van der Waals surface area (Å²) in [6.07, 6.45) is 5.07. The molecule has 0 aliphatic carbocycles. The van der Waals surface area contributed by atoms with Gasteiger partial charge in [-0.05, 0) is 84.0 Å². The van der Waals surface area contributed by atoms with Crippen molar-refractivity contribution >= 4 is 51.4 Å². The summed E-state index contributed by atoms with van der Waals surface area (Å²) in [5, 5.41) is 19.8. The van der Waals surface area contributed by atoms with Crippen LogP contribution in [0.5, 0.6) is 11.5 Å². The molecule has 4 aromatic rings. The van der Waals surface area contributed by atoms with Crippen molar-refractivity contribution < 1.29 is 57.8 Å². The topological polar surface area (TPSA) is 202 Å². The third-order valence-corrected chi connectivity index (χ3v) is 9.14. The number of anilines is 1. The Labute approximate surface area is 332 Å². The summed E-state index contributed by atoms with van der Waals surface area (Å²) in [6.45, 7) is 8.54. The lowest BCUT2D eigenvalue weighted by Gasteiger charge is -2.31. The molecule has 2 aromatic heterocycles. The van der Waals surface area contributed by atoms with Gasteiger partial charge in [0, 0.05) is 60.6 Å². The Bertz CT molecular complexity index is 1980. The van der Waals surface area contributed by atoms with E-state index >= 15 is 0 Å². The maximum absolute atomic E-state index is 13.6. The Balaban J connectivity index is 1.41. The molecule has 312 valence electrons. The largest absolute Gasteiger partial charge is 0.481 e. The molecule has 2 heterocycles. The fourth-order valence-electron chi connectivity index (χ4n) is 6.02. The van der Waals surface area contributed by atoms with Gasteiger partial charge in [-0.15, -0.1) is 0 Å². The number of carbonyl (C=O) groups is 4. The molecule has 0 spiro atoms. The Morgan fingerprint density at radius 2 is 1.26 bits per heavy atom. The molecule has 0 aliphatic rings. The van der Waals surface area contributed by atoms with E-state index in [9.17, 15) is 24.3 Å². The van der Waals surface area contributed by atoms with E-state index in [0.29, 0.717) is 44.1 Å². The van der Waals surface area contributed by atoms with Gasteiger partial charge in [0.15, 0.2) is 11.2 Å². The number of carboxylic acid groups (broad SMARTS) is 2. The van der Waals surface area contributed by atoms with E-state index in [1.165, 1.54) is 27.7 Å². The molecule has 0 radical (unpaired) electrons. The molecule has 57 heavy (non-hydrogen) atoms. The Kier molecular flexibility index (Phi) is 16.0. The van der Waals surface area contributed by atoms with Crippen LogP contribution in [0.3, 0.4) is 0 Å². The summed E-state index contributed by atoms with van der Waals surface area (Å²) in [4.78, 5) is 59.4. The molecule has 0 atom stereocenters. The minimum Gasteiger partial charge on any atom is -0.481 e. The van der Waals surface area contributed by atoms with Crippen molar-refractivity contribution in [2.24, 2.45) is 0 Å². The van der Waals surface area contributed by atoms with Crippen molar-refractivity contribution in [3.8, 4) is 11.5 Å². The lowest BCUT2D eigenvalue weighted by atomic mass is 10.0. The van der Waals surface area contributed by atoms with Crippen LogP contribution in [0, 0.1) is 0 Å². The smallest absolute Gasteiger partial charge is 0.343 e. The van der Waals surface area contributed by atoms with Gasteiger partial charge < -0.3 is 58.4 Å². The van der Waals surface area contributed by atoms with Gasteiger partial charge in [0.1, 0.15) is 11.5 Å². The summed E-state index contributed by atoms with van der Waals surface area (Å²) in [5.41, 5.74) is 1.09. The predicted molar refractivity (Wildman–Crippen MR) is 213 cm³/mol. The number of ether oxygens (including phenoxy) is 6. The first-order valence-corrected chi connectivity index (χ1v) is 18.9. The Hall–Kier alpha value is -5.00. The van der Waals surface area contributed by atoms with Gasteiger partial charge >= 0.3 is 23.9 Å². The average molecular weight is 797 g/mol. The van der Waals surface area contributed by atoms with E-state index in [-0.39, 0.29) is 39.3 Å². The van der Waals surface area contributed by atoms with E-state index in [0.717, 1.165) is 45.2 Å². The molecule has 2 aromatic carbocycles. The van der Waals surface area contributed by atoms with Crippen LogP contribution in [-0.4, -0.2) is 134 Å². The highest BCUT2D eigenvalue weighted by molar-refractivity contribution is 5.95. The zero-order valence-electron chi connectivity index (χ0n) is 33.9. The summed E-state index contributed by atoms with van der Waals surface area (Å²) in [7, 11) is 5.90. The van der Waals surface area contributed by atoms with Gasteiger partial charge in [0.25, 0.3) is 0 Å². The van der Waals surface area contributed by atoms with E-state index in [4.69, 9.17) is 33.5 Å². The van der Waals surface area contributed by atoms with Gasteiger partial charge in [-0.25, -0.2) is 9.59 Å². The molecule has 0 unspecified atom stereocenters. The van der Waals surface area contributed by atoms with Gasteiger partial charge in [0.2, 0.25) is 0 Å². The minimum absolute atomic E-state index is 0.0444. The van der Waals surface area contributed by atoms with Crippen LogP contribution >= 0.6 is 0 Å². The number of nitrogens with one attached hydrogen (secondary N) is 2. The standard InChI is InChI=1S/C41H56N4O12/c1-40(2,38(49)50)57-41(3,4)39(51)56-33-24-29(23-31-37(33)27(26-43-31)11-15-44(5)6)45(7)16-12-28-25-42-30-9-8-10-32(36(28)30)55-35(48)14-18-53-20-22-54-21-19-52-17-13-34(46)47/h8-10,23-26,42-43H,11-22H2,1-7H3,(H,46,47)(H,49,50). The monoisotopic (exact) mass is 796 g/mol. The number of nitrogens with zero attached hydrogens (tertiary/aromatic N) is 2. The van der Waals surface area contributed by atoms with Gasteiger partial charge in [-0.2, -0.15) is 0 Å². The van der Waals surface area contributed by atoms with Gasteiger partial charge in [0.05, 0.1) is 58.0 Å². The predicted octanol–water partition coefficient (Wildman–Crippen LogP) is 4.82. The van der Waals surface area contributed by atoms with E-state index < -0.39 is 35.1 Å². The number of rotatable bonds is 25. The number of carbonyl (C=O) groups excluding carboxylic acids is 2. The van der Waals surface area contributed by atoms with Crippen LogP contribution in [0.1, 0.15) is 51.7 Å². The number of benzene rings is 2. The van der Waals surface area contributed by atoms with Crippen LogP contribution < -0.4 is 14.4 Å². The molecule has 0 amide bonds. The number of carboxylic acids is 2. The maximum Gasteiger partial charge on any atom is 0.343 e. The number of fused-ring (bicyclic) bond motifs is 2. The number of hydrogen-bond donors (Lipinski definition) is 4. The number of aliphatic carboxylic acids is 2. The average Bonchev–Trinajstić information content (AvgIpc) is 3.76. The highest BCUT2D eigenvalue weighted by Crippen LogP contribution is 2.36. The number of aromatic amines is 2. The van der Waals surface area contributed by atoms with Crippen molar-refractivity contribution in [2.75, 3.05) is 78.8 Å². The van der Waals surface area contributed by atoms with Crippen LogP contribution in [0.4, 0.5) is 5.69 Å². The van der Waals surface area contributed by atoms with Crippen LogP contribution in [-0.2, 0) is 51.0 Å². The molecule has 0 fully saturated rings. The Morgan fingerprint density at radius 3 is 1.88 bits per heavy atom. The first kappa shape index (κ1) is 44.7. The van der Waals surface area contributed by atoms with Crippen molar-refractivity contribution in [2.45, 2.75) is 64.6 Å². The molecule has 0 saturated heterocycles. The first-order chi connectivity index (χ1) is 27.0. The number of aromatic nitrogens is 2. The van der Waals surface area contributed by atoms with Crippen molar-refractivity contribution in [1.82, 2.24) is 14.9 Å². The van der Waals surface area contributed by atoms with Crippen LogP contribution in [0.2, 0.25) is 0 Å². The maximum atomic E-state index is 13.6. The summed E-state index contributed by atoms with van der Waals surface area (Å²) in [5.74, 6) is -2.52.